The third kappa shape index (κ3) is 5.77. The third-order valence-corrected chi connectivity index (χ3v) is 6.81. The second-order valence-corrected chi connectivity index (χ2v) is 9.30. The van der Waals surface area contributed by atoms with E-state index in [4.69, 9.17) is 0 Å². The normalized spacial score (nSPS) is 15.5. The summed E-state index contributed by atoms with van der Waals surface area (Å²) in [5.41, 5.74) is 2.79. The predicted molar refractivity (Wildman–Crippen MR) is 141 cm³/mol. The number of hydrogen-bond acceptors (Lipinski definition) is 5. The lowest BCUT2D eigenvalue weighted by atomic mass is 9.88. The maximum atomic E-state index is 13.8. The Labute approximate surface area is 215 Å². The number of amides is 2. The quantitative estimate of drug-likeness (QED) is 0.435. The zero-order valence-electron chi connectivity index (χ0n) is 21.3. The number of carbonyl (C=O) groups excluding carboxylic acids is 2. The van der Waals surface area contributed by atoms with E-state index in [9.17, 15) is 18.8 Å². The van der Waals surface area contributed by atoms with E-state index in [-0.39, 0.29) is 35.9 Å². The number of halogens is 1. The Morgan fingerprint density at radius 1 is 1.22 bits per heavy atom. The van der Waals surface area contributed by atoms with Gasteiger partial charge < -0.3 is 16.0 Å². The van der Waals surface area contributed by atoms with Crippen molar-refractivity contribution in [2.45, 2.75) is 58.2 Å². The Balaban J connectivity index is 1.68. The largest absolute Gasteiger partial charge is 0.348 e. The molecule has 1 heterocycles. The molecule has 0 saturated heterocycles. The van der Waals surface area contributed by atoms with E-state index < -0.39 is 17.4 Å². The smallest absolute Gasteiger partial charge is 0.278 e. The summed E-state index contributed by atoms with van der Waals surface area (Å²) in [7, 11) is 1.67. The first kappa shape index (κ1) is 26.2. The van der Waals surface area contributed by atoms with Gasteiger partial charge in [0.1, 0.15) is 23.9 Å². The molecule has 4 rings (SSSR count). The maximum Gasteiger partial charge on any atom is 0.278 e. The Hall–Kier alpha value is -3.85. The Morgan fingerprint density at radius 3 is 2.73 bits per heavy atom. The molecule has 9 heteroatoms. The molecule has 0 fully saturated rings. The highest BCUT2D eigenvalue weighted by molar-refractivity contribution is 5.94. The van der Waals surface area contributed by atoms with E-state index in [2.05, 4.69) is 27.0 Å². The van der Waals surface area contributed by atoms with Gasteiger partial charge in [-0.05, 0) is 74.5 Å². The molecule has 3 aromatic rings. The Kier molecular flexibility index (Phi) is 8.13. The van der Waals surface area contributed by atoms with Crippen molar-refractivity contribution in [2.75, 3.05) is 12.4 Å². The van der Waals surface area contributed by atoms with Crippen molar-refractivity contribution in [1.82, 2.24) is 20.2 Å². The number of carbonyl (C=O) groups is 2. The van der Waals surface area contributed by atoms with Crippen LogP contribution in [-0.4, -0.2) is 34.5 Å². The minimum absolute atomic E-state index is 0.0296. The molecule has 1 aromatic heterocycles. The Bertz CT molecular complexity index is 1370. The molecule has 37 heavy (non-hydrogen) atoms. The molecule has 0 bridgehead atoms. The van der Waals surface area contributed by atoms with Crippen LogP contribution in [0.1, 0.15) is 48.9 Å². The molecular weight excluding hydrogens is 473 g/mol. The van der Waals surface area contributed by atoms with E-state index in [1.165, 1.54) is 34.5 Å². The lowest BCUT2D eigenvalue weighted by Gasteiger charge is -2.26. The van der Waals surface area contributed by atoms with Crippen molar-refractivity contribution in [1.29, 1.82) is 0 Å². The number of fused-ring (bicyclic) bond motifs is 1. The molecule has 1 aliphatic rings. The van der Waals surface area contributed by atoms with E-state index in [0.717, 1.165) is 24.8 Å². The van der Waals surface area contributed by atoms with Gasteiger partial charge in [0.2, 0.25) is 11.8 Å². The molecule has 2 amide bonds. The minimum atomic E-state index is -0.563. The summed E-state index contributed by atoms with van der Waals surface area (Å²) < 4.78 is 15.0. The number of nitrogens with one attached hydrogen (secondary N) is 3. The van der Waals surface area contributed by atoms with Crippen LogP contribution in [0, 0.1) is 12.7 Å². The predicted octanol–water partition coefficient (Wildman–Crippen LogP) is 3.49. The highest BCUT2D eigenvalue weighted by Crippen LogP contribution is 2.29. The third-order valence-electron chi connectivity index (χ3n) is 6.81. The Morgan fingerprint density at radius 2 is 2.00 bits per heavy atom. The van der Waals surface area contributed by atoms with Crippen molar-refractivity contribution in [3.05, 3.63) is 81.5 Å². The summed E-state index contributed by atoms with van der Waals surface area (Å²) >= 11 is 0. The summed E-state index contributed by atoms with van der Waals surface area (Å²) in [6, 6.07) is 11.6. The highest BCUT2D eigenvalue weighted by Gasteiger charge is 2.24. The van der Waals surface area contributed by atoms with Crippen LogP contribution in [0.2, 0.25) is 0 Å². The van der Waals surface area contributed by atoms with Gasteiger partial charge in [0.25, 0.3) is 5.56 Å². The monoisotopic (exact) mass is 505 g/mol. The molecule has 2 aromatic carbocycles. The molecule has 0 radical (unpaired) electrons. The first-order valence-corrected chi connectivity index (χ1v) is 12.5. The second-order valence-electron chi connectivity index (χ2n) is 9.30. The lowest BCUT2D eigenvalue weighted by molar-refractivity contribution is -0.122. The van der Waals surface area contributed by atoms with Gasteiger partial charge in [-0.25, -0.2) is 9.37 Å². The number of aromatic nitrogens is 2. The van der Waals surface area contributed by atoms with Gasteiger partial charge in [-0.2, -0.15) is 0 Å². The van der Waals surface area contributed by atoms with E-state index in [1.807, 2.05) is 25.1 Å². The van der Waals surface area contributed by atoms with Crippen LogP contribution in [0.5, 0.6) is 0 Å². The molecule has 0 spiro atoms. The summed E-state index contributed by atoms with van der Waals surface area (Å²) in [5.74, 6) is -0.910. The highest BCUT2D eigenvalue weighted by atomic mass is 19.1. The van der Waals surface area contributed by atoms with Crippen molar-refractivity contribution in [2.24, 2.45) is 0 Å². The number of anilines is 1. The van der Waals surface area contributed by atoms with Crippen LogP contribution >= 0.6 is 0 Å². The van der Waals surface area contributed by atoms with Gasteiger partial charge in [0, 0.05) is 5.56 Å². The van der Waals surface area contributed by atoms with Crippen molar-refractivity contribution in [3.63, 3.8) is 0 Å². The number of likely N-dealkylation sites (N-methyl/N-ethyl adjacent to an activating group) is 1. The zero-order chi connectivity index (χ0) is 26.5. The van der Waals surface area contributed by atoms with Gasteiger partial charge >= 0.3 is 0 Å². The van der Waals surface area contributed by atoms with Crippen LogP contribution in [0.4, 0.5) is 10.1 Å². The molecule has 2 atom stereocenters. The molecular formula is C28H32FN5O3. The summed E-state index contributed by atoms with van der Waals surface area (Å²) in [4.78, 5) is 43.8. The molecule has 0 aliphatic heterocycles. The standard InChI is InChI=1S/C28H32FN5O3/c1-4-22(30-3)27(36)33-24-15-31-26(20-13-12-19(29)14-17(20)2)34(28(24)37)16-25(35)32-23-11-7-9-18-8-5-6-10-21(18)23/h5-6,8,10,12-15,22-23,30H,4,7,9,11,16H2,1-3H3,(H,32,35)(H,33,36). The van der Waals surface area contributed by atoms with Crippen LogP contribution in [-0.2, 0) is 22.6 Å². The van der Waals surface area contributed by atoms with Crippen molar-refractivity contribution in [3.8, 4) is 11.4 Å². The number of rotatable bonds is 8. The average Bonchev–Trinajstić information content (AvgIpc) is 2.88. The molecule has 8 nitrogen and oxygen atoms in total. The van der Waals surface area contributed by atoms with Gasteiger partial charge in [-0.1, -0.05) is 31.2 Å². The van der Waals surface area contributed by atoms with Crippen LogP contribution in [0.25, 0.3) is 11.4 Å². The SMILES string of the molecule is CCC(NC)C(=O)Nc1cnc(-c2ccc(F)cc2C)n(CC(=O)NC2CCCc3ccccc32)c1=O. The zero-order valence-corrected chi connectivity index (χ0v) is 21.3. The van der Waals surface area contributed by atoms with E-state index >= 15 is 0 Å². The first-order valence-electron chi connectivity index (χ1n) is 12.5. The van der Waals surface area contributed by atoms with Gasteiger partial charge in [-0.3, -0.25) is 19.0 Å². The maximum absolute atomic E-state index is 13.8. The average molecular weight is 506 g/mol. The molecule has 1 aliphatic carbocycles. The minimum Gasteiger partial charge on any atom is -0.348 e. The number of nitrogens with zero attached hydrogens (tertiary/aromatic N) is 2. The van der Waals surface area contributed by atoms with E-state index in [0.29, 0.717) is 17.5 Å². The van der Waals surface area contributed by atoms with Gasteiger partial charge in [0.05, 0.1) is 18.3 Å². The summed E-state index contributed by atoms with van der Waals surface area (Å²) in [6.45, 7) is 3.26. The number of aryl methyl sites for hydroxylation is 2. The molecule has 0 saturated carbocycles. The fraction of sp³-hybridized carbons (Fsp3) is 0.357. The fourth-order valence-corrected chi connectivity index (χ4v) is 4.85. The molecule has 2 unspecified atom stereocenters. The van der Waals surface area contributed by atoms with Gasteiger partial charge in [-0.15, -0.1) is 0 Å². The first-order chi connectivity index (χ1) is 17.8. The van der Waals surface area contributed by atoms with Crippen LogP contribution < -0.4 is 21.5 Å². The van der Waals surface area contributed by atoms with Gasteiger partial charge in [0.15, 0.2) is 0 Å². The topological polar surface area (TPSA) is 105 Å². The van der Waals surface area contributed by atoms with Crippen molar-refractivity contribution < 1.29 is 14.0 Å². The van der Waals surface area contributed by atoms with Crippen LogP contribution in [0.15, 0.2) is 53.5 Å². The summed E-state index contributed by atoms with van der Waals surface area (Å²) in [5, 5.41) is 8.60. The van der Waals surface area contributed by atoms with Crippen LogP contribution in [0.3, 0.4) is 0 Å². The van der Waals surface area contributed by atoms with E-state index in [1.54, 1.807) is 14.0 Å². The second kappa shape index (κ2) is 11.5. The lowest BCUT2D eigenvalue weighted by Crippen LogP contribution is -2.41. The number of hydrogen-bond donors (Lipinski definition) is 3. The van der Waals surface area contributed by atoms with Crippen molar-refractivity contribution >= 4 is 17.5 Å². The molecule has 3 N–H and O–H groups in total. The summed E-state index contributed by atoms with van der Waals surface area (Å²) in [6.07, 6.45) is 4.54. The molecule has 194 valence electrons. The fourth-order valence-electron chi connectivity index (χ4n) is 4.85. The number of benzene rings is 2.